The van der Waals surface area contributed by atoms with Crippen LogP contribution in [0.15, 0.2) is 56.7 Å². The summed E-state index contributed by atoms with van der Waals surface area (Å²) in [5.41, 5.74) is 7.07. The Labute approximate surface area is 140 Å². The van der Waals surface area contributed by atoms with Crippen molar-refractivity contribution in [3.63, 3.8) is 0 Å². The molecule has 0 bridgehead atoms. The molecule has 1 amide bonds. The van der Waals surface area contributed by atoms with Crippen LogP contribution in [-0.4, -0.2) is 26.6 Å². The summed E-state index contributed by atoms with van der Waals surface area (Å²) in [6, 6.07) is 7.07. The topological polar surface area (TPSA) is 113 Å². The number of allylic oxidation sites excluding steroid dienone is 2. The Hall–Kier alpha value is -2.71. The highest BCUT2D eigenvalue weighted by atomic mass is 32.2. The second-order valence-electron chi connectivity index (χ2n) is 5.63. The van der Waals surface area contributed by atoms with Gasteiger partial charge in [-0.2, -0.15) is 0 Å². The summed E-state index contributed by atoms with van der Waals surface area (Å²) in [5, 5.41) is 3.30. The number of nitrogens with zero attached hydrogens (tertiary/aromatic N) is 2. The minimum atomic E-state index is -1.07. The van der Waals surface area contributed by atoms with E-state index in [0.29, 0.717) is 21.5 Å². The molecule has 1 aromatic heterocycles. The molecule has 8 heteroatoms. The van der Waals surface area contributed by atoms with E-state index in [1.807, 2.05) is 13.0 Å². The maximum absolute atomic E-state index is 12.2. The van der Waals surface area contributed by atoms with Gasteiger partial charge >= 0.3 is 5.24 Å². The Kier molecular flexibility index (Phi) is 3.19. The Balaban J connectivity index is 1.75. The quantitative estimate of drug-likeness (QED) is 0.723. The molecule has 0 saturated heterocycles. The average molecular weight is 339 g/mol. The molecule has 2 heterocycles. The van der Waals surface area contributed by atoms with Crippen molar-refractivity contribution in [2.75, 3.05) is 5.32 Å². The number of aromatic nitrogens is 2. The standard InChI is InChI=1S/C16H13N5O2S/c1-8-6-11-12(24-15(23)19-11)7-16(8,17)21-14-18-10-5-3-2-4-9(10)13(22)20-14/h2-7H,17H2,1H3,(H2,18,20,21,22). The highest BCUT2D eigenvalue weighted by Crippen LogP contribution is 2.35. The third-order valence-electron chi connectivity index (χ3n) is 3.96. The van der Waals surface area contributed by atoms with Gasteiger partial charge in [-0.15, -0.1) is 0 Å². The molecule has 1 unspecified atom stereocenters. The molecule has 24 heavy (non-hydrogen) atoms. The number of benzene rings is 1. The number of hydrogen-bond acceptors (Lipinski definition) is 6. The number of hydrogen-bond donors (Lipinski definition) is 3. The zero-order valence-electron chi connectivity index (χ0n) is 12.7. The zero-order chi connectivity index (χ0) is 16.9. The van der Waals surface area contributed by atoms with Gasteiger partial charge in [0.25, 0.3) is 5.56 Å². The van der Waals surface area contributed by atoms with E-state index in [1.165, 1.54) is 0 Å². The lowest BCUT2D eigenvalue weighted by Gasteiger charge is -2.31. The van der Waals surface area contributed by atoms with Crippen molar-refractivity contribution in [1.29, 1.82) is 0 Å². The molecule has 0 radical (unpaired) electrons. The Morgan fingerprint density at radius 2 is 2.08 bits per heavy atom. The lowest BCUT2D eigenvalue weighted by molar-refractivity contribution is 0.268. The Morgan fingerprint density at radius 1 is 1.29 bits per heavy atom. The van der Waals surface area contributed by atoms with Crippen LogP contribution in [0.5, 0.6) is 0 Å². The molecule has 2 aromatic rings. The molecule has 1 aliphatic heterocycles. The van der Waals surface area contributed by atoms with Crippen LogP contribution in [0.1, 0.15) is 6.92 Å². The maximum Gasteiger partial charge on any atom is 0.310 e. The third-order valence-corrected chi connectivity index (χ3v) is 4.78. The number of amides is 1. The molecule has 1 atom stereocenters. The Bertz CT molecular complexity index is 1040. The molecule has 120 valence electrons. The van der Waals surface area contributed by atoms with Gasteiger partial charge in [0.05, 0.1) is 16.6 Å². The minimum Gasteiger partial charge on any atom is -0.331 e. The van der Waals surface area contributed by atoms with Crippen LogP contribution in [0.2, 0.25) is 0 Å². The van der Waals surface area contributed by atoms with Crippen LogP contribution in [0.25, 0.3) is 10.9 Å². The monoisotopic (exact) mass is 339 g/mol. The number of carbonyl (C=O) groups excluding carboxylic acids is 1. The third kappa shape index (κ3) is 2.36. The summed E-state index contributed by atoms with van der Waals surface area (Å²) < 4.78 is 0. The average Bonchev–Trinajstić information content (AvgIpc) is 2.86. The number of carbonyl (C=O) groups is 1. The van der Waals surface area contributed by atoms with Gasteiger partial charge in [0.2, 0.25) is 5.95 Å². The smallest absolute Gasteiger partial charge is 0.310 e. The number of aliphatic imine (C=N–C) groups is 1. The van der Waals surface area contributed by atoms with Gasteiger partial charge in [-0.3, -0.25) is 14.6 Å². The minimum absolute atomic E-state index is 0.246. The fraction of sp³-hybridized carbons (Fsp3) is 0.125. The predicted molar refractivity (Wildman–Crippen MR) is 95.2 cm³/mol. The molecule has 4 rings (SSSR count). The van der Waals surface area contributed by atoms with Gasteiger partial charge in [0.1, 0.15) is 5.66 Å². The number of rotatable bonds is 2. The van der Waals surface area contributed by atoms with E-state index < -0.39 is 5.66 Å². The van der Waals surface area contributed by atoms with Gasteiger partial charge in [-0.25, -0.2) is 9.98 Å². The fourth-order valence-electron chi connectivity index (χ4n) is 2.65. The van der Waals surface area contributed by atoms with Crippen LogP contribution >= 0.6 is 11.8 Å². The number of H-pyrrole nitrogens is 1. The number of fused-ring (bicyclic) bond motifs is 2. The normalized spacial score (nSPS) is 22.8. The van der Waals surface area contributed by atoms with Crippen molar-refractivity contribution >= 4 is 39.6 Å². The number of nitrogens with two attached hydrogens (primary N) is 1. The number of para-hydroxylation sites is 1. The molecule has 7 nitrogen and oxygen atoms in total. The van der Waals surface area contributed by atoms with Crippen LogP contribution in [0, 0.1) is 0 Å². The Morgan fingerprint density at radius 3 is 2.92 bits per heavy atom. The highest BCUT2D eigenvalue weighted by Gasteiger charge is 2.34. The number of nitrogens with one attached hydrogen (secondary N) is 2. The van der Waals surface area contributed by atoms with E-state index in [0.717, 1.165) is 17.3 Å². The molecular weight excluding hydrogens is 326 g/mol. The molecule has 1 aromatic carbocycles. The van der Waals surface area contributed by atoms with E-state index in [9.17, 15) is 9.59 Å². The van der Waals surface area contributed by atoms with Crippen molar-refractivity contribution < 1.29 is 4.79 Å². The van der Waals surface area contributed by atoms with E-state index in [1.54, 1.807) is 30.4 Å². The van der Waals surface area contributed by atoms with Crippen molar-refractivity contribution in [2.45, 2.75) is 12.6 Å². The van der Waals surface area contributed by atoms with Crippen LogP contribution < -0.4 is 16.6 Å². The van der Waals surface area contributed by atoms with E-state index in [2.05, 4.69) is 20.3 Å². The summed E-state index contributed by atoms with van der Waals surface area (Å²) in [7, 11) is 0. The number of aromatic amines is 1. The van der Waals surface area contributed by atoms with E-state index in [4.69, 9.17) is 5.73 Å². The molecule has 2 aliphatic rings. The number of anilines is 1. The summed E-state index contributed by atoms with van der Waals surface area (Å²) in [6.45, 7) is 1.83. The largest absolute Gasteiger partial charge is 0.331 e. The van der Waals surface area contributed by atoms with Crippen LogP contribution in [0.4, 0.5) is 10.7 Å². The first-order valence-electron chi connectivity index (χ1n) is 7.23. The predicted octanol–water partition coefficient (Wildman–Crippen LogP) is 2.14. The van der Waals surface area contributed by atoms with Crippen molar-refractivity contribution in [3.8, 4) is 0 Å². The zero-order valence-corrected chi connectivity index (χ0v) is 13.5. The molecular formula is C16H13N5O2S. The summed E-state index contributed by atoms with van der Waals surface area (Å²) in [5.74, 6) is 0.264. The first kappa shape index (κ1) is 14.9. The van der Waals surface area contributed by atoms with Crippen LogP contribution in [0.3, 0.4) is 0 Å². The molecule has 0 fully saturated rings. The summed E-state index contributed by atoms with van der Waals surface area (Å²) >= 11 is 1.03. The summed E-state index contributed by atoms with van der Waals surface area (Å²) in [4.78, 5) is 35.4. The van der Waals surface area contributed by atoms with Gasteiger partial charge in [-0.05, 0) is 48.5 Å². The molecule has 0 saturated carbocycles. The van der Waals surface area contributed by atoms with Crippen molar-refractivity contribution in [3.05, 3.63) is 57.2 Å². The fourth-order valence-corrected chi connectivity index (χ4v) is 3.44. The van der Waals surface area contributed by atoms with Gasteiger partial charge in [-0.1, -0.05) is 12.1 Å². The lowest BCUT2D eigenvalue weighted by atomic mass is 9.94. The lowest BCUT2D eigenvalue weighted by Crippen LogP contribution is -2.49. The van der Waals surface area contributed by atoms with Crippen molar-refractivity contribution in [1.82, 2.24) is 9.97 Å². The van der Waals surface area contributed by atoms with E-state index >= 15 is 0 Å². The first-order valence-corrected chi connectivity index (χ1v) is 8.05. The second kappa shape index (κ2) is 5.15. The summed E-state index contributed by atoms with van der Waals surface area (Å²) in [6.07, 6.45) is 3.49. The maximum atomic E-state index is 12.2. The van der Waals surface area contributed by atoms with Crippen molar-refractivity contribution in [2.24, 2.45) is 10.7 Å². The first-order chi connectivity index (χ1) is 11.4. The SMILES string of the molecule is CC1=CC2=NC(=O)SC2=CC1(N)Nc1nc2ccccc2c(=O)[nH]1. The second-order valence-corrected chi connectivity index (χ2v) is 6.62. The molecule has 4 N–H and O–H groups in total. The van der Waals surface area contributed by atoms with E-state index in [-0.39, 0.29) is 16.7 Å². The van der Waals surface area contributed by atoms with Crippen LogP contribution in [-0.2, 0) is 0 Å². The van der Waals surface area contributed by atoms with Gasteiger partial charge in [0.15, 0.2) is 0 Å². The molecule has 0 spiro atoms. The molecule has 1 aliphatic carbocycles. The van der Waals surface area contributed by atoms with Gasteiger partial charge in [0, 0.05) is 4.91 Å². The highest BCUT2D eigenvalue weighted by molar-refractivity contribution is 8.18. The van der Waals surface area contributed by atoms with Gasteiger partial charge < -0.3 is 11.1 Å². The number of thioether (sulfide) groups is 1.